The molecule has 0 spiro atoms. The second kappa shape index (κ2) is 7.78. The second-order valence-corrected chi connectivity index (χ2v) is 4.25. The van der Waals surface area contributed by atoms with Gasteiger partial charge in [0.25, 0.3) is 0 Å². The second-order valence-electron chi connectivity index (χ2n) is 4.25. The van der Waals surface area contributed by atoms with E-state index in [-0.39, 0.29) is 6.04 Å². The number of likely N-dealkylation sites (N-methyl/N-ethyl adjacent to an activating group) is 1. The number of hydrogen-bond acceptors (Lipinski definition) is 3. The molecule has 0 saturated carbocycles. The van der Waals surface area contributed by atoms with E-state index in [1.165, 1.54) is 0 Å². The van der Waals surface area contributed by atoms with Gasteiger partial charge in [0.2, 0.25) is 0 Å². The van der Waals surface area contributed by atoms with Gasteiger partial charge in [-0.3, -0.25) is 0 Å². The van der Waals surface area contributed by atoms with Crippen LogP contribution in [0.5, 0.6) is 0 Å². The molecular formula is C11H23N3. The molecule has 0 fully saturated rings. The van der Waals surface area contributed by atoms with Crippen molar-refractivity contribution in [3.63, 3.8) is 0 Å². The van der Waals surface area contributed by atoms with Gasteiger partial charge in [0.15, 0.2) is 0 Å². The van der Waals surface area contributed by atoms with Crippen molar-refractivity contribution in [2.45, 2.75) is 33.2 Å². The lowest BCUT2D eigenvalue weighted by atomic mass is 10.2. The molecule has 0 rings (SSSR count). The topological polar surface area (TPSA) is 39.1 Å². The van der Waals surface area contributed by atoms with Gasteiger partial charge in [-0.15, -0.1) is 0 Å². The first-order valence-corrected chi connectivity index (χ1v) is 5.41. The predicted molar refractivity (Wildman–Crippen MR) is 60.0 cm³/mol. The Bertz CT molecular complexity index is 172. The van der Waals surface area contributed by atoms with Crippen molar-refractivity contribution in [3.05, 3.63) is 0 Å². The van der Waals surface area contributed by atoms with E-state index in [1.54, 1.807) is 0 Å². The Hall–Kier alpha value is -0.590. The quantitative estimate of drug-likeness (QED) is 0.671. The van der Waals surface area contributed by atoms with Gasteiger partial charge in [-0.2, -0.15) is 5.26 Å². The van der Waals surface area contributed by atoms with Crippen LogP contribution in [0.15, 0.2) is 0 Å². The Balaban J connectivity index is 3.75. The summed E-state index contributed by atoms with van der Waals surface area (Å²) in [4.78, 5) is 2.21. The van der Waals surface area contributed by atoms with E-state index >= 15 is 0 Å². The molecule has 0 aliphatic heterocycles. The van der Waals surface area contributed by atoms with Crippen molar-refractivity contribution in [2.75, 3.05) is 26.7 Å². The zero-order valence-electron chi connectivity index (χ0n) is 9.88. The lowest BCUT2D eigenvalue weighted by Crippen LogP contribution is -2.40. The van der Waals surface area contributed by atoms with Gasteiger partial charge in [-0.25, -0.2) is 0 Å². The minimum absolute atomic E-state index is 0.0290. The van der Waals surface area contributed by atoms with Gasteiger partial charge < -0.3 is 10.2 Å². The first-order chi connectivity index (χ1) is 6.60. The third kappa shape index (κ3) is 6.88. The highest BCUT2D eigenvalue weighted by Gasteiger charge is 2.10. The van der Waals surface area contributed by atoms with Crippen molar-refractivity contribution in [1.29, 1.82) is 5.26 Å². The van der Waals surface area contributed by atoms with Gasteiger partial charge in [-0.1, -0.05) is 20.8 Å². The molecule has 0 bridgehead atoms. The Morgan fingerprint density at radius 2 is 2.00 bits per heavy atom. The van der Waals surface area contributed by atoms with E-state index in [9.17, 15) is 0 Å². The molecule has 0 saturated heterocycles. The van der Waals surface area contributed by atoms with Gasteiger partial charge >= 0.3 is 0 Å². The molecule has 0 aliphatic carbocycles. The Labute approximate surface area is 88.1 Å². The molecule has 0 amide bonds. The van der Waals surface area contributed by atoms with Crippen molar-refractivity contribution in [2.24, 2.45) is 5.92 Å². The van der Waals surface area contributed by atoms with E-state index in [2.05, 4.69) is 44.1 Å². The summed E-state index contributed by atoms with van der Waals surface area (Å²) in [6, 6.07) is 2.26. The van der Waals surface area contributed by atoms with E-state index < -0.39 is 0 Å². The maximum atomic E-state index is 8.90. The number of nitriles is 1. The Morgan fingerprint density at radius 3 is 2.43 bits per heavy atom. The zero-order valence-corrected chi connectivity index (χ0v) is 9.88. The first-order valence-electron chi connectivity index (χ1n) is 5.41. The van der Waals surface area contributed by atoms with E-state index in [1.807, 2.05) is 0 Å². The van der Waals surface area contributed by atoms with Crippen molar-refractivity contribution in [1.82, 2.24) is 10.2 Å². The fourth-order valence-corrected chi connectivity index (χ4v) is 1.48. The summed E-state index contributed by atoms with van der Waals surface area (Å²) < 4.78 is 0. The van der Waals surface area contributed by atoms with Gasteiger partial charge in [0.1, 0.15) is 6.04 Å². The standard InChI is InChI=1S/C11H23N3/c1-5-6-13-11(7-12)9-14(4)8-10(2)3/h10-11,13H,5-6,8-9H2,1-4H3. The molecule has 0 aromatic heterocycles. The average molecular weight is 197 g/mol. The largest absolute Gasteiger partial charge is 0.303 e. The molecule has 3 heteroatoms. The average Bonchev–Trinajstić information content (AvgIpc) is 2.10. The van der Waals surface area contributed by atoms with Crippen LogP contribution in [0.3, 0.4) is 0 Å². The van der Waals surface area contributed by atoms with Crippen LogP contribution in [-0.4, -0.2) is 37.6 Å². The highest BCUT2D eigenvalue weighted by Crippen LogP contribution is 1.97. The van der Waals surface area contributed by atoms with Crippen LogP contribution in [-0.2, 0) is 0 Å². The van der Waals surface area contributed by atoms with Crippen LogP contribution in [0.25, 0.3) is 0 Å². The summed E-state index contributed by atoms with van der Waals surface area (Å²) in [7, 11) is 2.07. The molecule has 1 unspecified atom stereocenters. The maximum Gasteiger partial charge on any atom is 0.108 e. The smallest absolute Gasteiger partial charge is 0.108 e. The molecule has 14 heavy (non-hydrogen) atoms. The van der Waals surface area contributed by atoms with E-state index in [4.69, 9.17) is 5.26 Å². The first kappa shape index (κ1) is 13.4. The van der Waals surface area contributed by atoms with Crippen LogP contribution >= 0.6 is 0 Å². The lowest BCUT2D eigenvalue weighted by Gasteiger charge is -2.22. The molecule has 0 aliphatic rings. The normalized spacial score (nSPS) is 13.2. The molecule has 1 atom stereocenters. The third-order valence-corrected chi connectivity index (χ3v) is 1.97. The molecule has 0 aromatic carbocycles. The van der Waals surface area contributed by atoms with Gasteiger partial charge in [0, 0.05) is 13.1 Å². The summed E-state index contributed by atoms with van der Waals surface area (Å²) in [5, 5.41) is 12.1. The summed E-state index contributed by atoms with van der Waals surface area (Å²) in [5.41, 5.74) is 0. The van der Waals surface area contributed by atoms with Crippen LogP contribution in [0.1, 0.15) is 27.2 Å². The van der Waals surface area contributed by atoms with Crippen LogP contribution in [0, 0.1) is 17.2 Å². The van der Waals surface area contributed by atoms with Crippen molar-refractivity contribution in [3.8, 4) is 6.07 Å². The summed E-state index contributed by atoms with van der Waals surface area (Å²) >= 11 is 0. The molecule has 0 radical (unpaired) electrons. The summed E-state index contributed by atoms with van der Waals surface area (Å²) in [6.45, 7) is 9.28. The highest BCUT2D eigenvalue weighted by atomic mass is 15.1. The zero-order chi connectivity index (χ0) is 11.0. The lowest BCUT2D eigenvalue weighted by molar-refractivity contribution is 0.278. The van der Waals surface area contributed by atoms with Crippen LogP contribution < -0.4 is 5.32 Å². The maximum absolute atomic E-state index is 8.90. The molecular weight excluding hydrogens is 174 g/mol. The summed E-state index contributed by atoms with van der Waals surface area (Å²) in [6.07, 6.45) is 1.08. The molecule has 1 N–H and O–H groups in total. The molecule has 82 valence electrons. The number of nitrogens with zero attached hydrogens (tertiary/aromatic N) is 2. The predicted octanol–water partition coefficient (Wildman–Crippen LogP) is 1.47. The molecule has 0 aromatic rings. The SMILES string of the molecule is CCCNC(C#N)CN(C)CC(C)C. The monoisotopic (exact) mass is 197 g/mol. The highest BCUT2D eigenvalue weighted by molar-refractivity contribution is 4.91. The fourth-order valence-electron chi connectivity index (χ4n) is 1.48. The van der Waals surface area contributed by atoms with Crippen molar-refractivity contribution >= 4 is 0 Å². The minimum Gasteiger partial charge on any atom is -0.303 e. The van der Waals surface area contributed by atoms with Crippen molar-refractivity contribution < 1.29 is 0 Å². The number of hydrogen-bond donors (Lipinski definition) is 1. The minimum atomic E-state index is -0.0290. The van der Waals surface area contributed by atoms with E-state index in [0.29, 0.717) is 5.92 Å². The number of rotatable bonds is 7. The third-order valence-electron chi connectivity index (χ3n) is 1.97. The van der Waals surface area contributed by atoms with Crippen LogP contribution in [0.4, 0.5) is 0 Å². The van der Waals surface area contributed by atoms with Gasteiger partial charge in [-0.05, 0) is 25.9 Å². The summed E-state index contributed by atoms with van der Waals surface area (Å²) in [5.74, 6) is 0.658. The molecule has 3 nitrogen and oxygen atoms in total. The fraction of sp³-hybridized carbons (Fsp3) is 0.909. The number of nitrogens with one attached hydrogen (secondary N) is 1. The molecule has 0 heterocycles. The van der Waals surface area contributed by atoms with Gasteiger partial charge in [0.05, 0.1) is 6.07 Å². The van der Waals surface area contributed by atoms with E-state index in [0.717, 1.165) is 26.1 Å². The Kier molecular flexibility index (Phi) is 7.45. The van der Waals surface area contributed by atoms with Crippen LogP contribution in [0.2, 0.25) is 0 Å². The Morgan fingerprint density at radius 1 is 1.36 bits per heavy atom.